The van der Waals surface area contributed by atoms with Gasteiger partial charge in [-0.1, -0.05) is 0 Å². The number of ether oxygens (including phenoxy) is 1. The highest BCUT2D eigenvalue weighted by Crippen LogP contribution is 2.17. The largest absolute Gasteiger partial charge is 0.476 e. The smallest absolute Gasteiger partial charge is 0.231 e. The zero-order valence-corrected chi connectivity index (χ0v) is 9.15. The number of nitrogens with one attached hydrogen (secondary N) is 1. The number of piperidine rings is 1. The number of hydrogen-bond acceptors (Lipinski definition) is 4. The molecule has 1 aliphatic heterocycles. The van der Waals surface area contributed by atoms with Crippen molar-refractivity contribution in [2.24, 2.45) is 5.92 Å². The van der Waals surface area contributed by atoms with Gasteiger partial charge in [0.2, 0.25) is 5.88 Å². The molecule has 2 rings (SSSR count). The molecule has 0 spiro atoms. The van der Waals surface area contributed by atoms with E-state index in [1.165, 1.54) is 0 Å². The second-order valence-corrected chi connectivity index (χ2v) is 3.97. The summed E-state index contributed by atoms with van der Waals surface area (Å²) < 4.78 is 5.61. The summed E-state index contributed by atoms with van der Waals surface area (Å²) in [4.78, 5) is 4.07. The van der Waals surface area contributed by atoms with Crippen LogP contribution < -0.4 is 10.1 Å². The van der Waals surface area contributed by atoms with Gasteiger partial charge in [0.15, 0.2) is 0 Å². The van der Waals surface area contributed by atoms with Crippen molar-refractivity contribution < 1.29 is 4.74 Å². The molecule has 1 aliphatic rings. The standard InChI is InChI=1S/C12H15N3O/c13-8-11-2-1-5-15-12(11)16-9-10-3-6-14-7-4-10/h1-2,5,10,14H,3-4,6-7,9H2. The molecular weight excluding hydrogens is 202 g/mol. The average molecular weight is 217 g/mol. The summed E-state index contributed by atoms with van der Waals surface area (Å²) in [7, 11) is 0. The van der Waals surface area contributed by atoms with Crippen LogP contribution in [0.5, 0.6) is 5.88 Å². The summed E-state index contributed by atoms with van der Waals surface area (Å²) in [5.74, 6) is 1.04. The van der Waals surface area contributed by atoms with Crippen LogP contribution in [0.15, 0.2) is 18.3 Å². The van der Waals surface area contributed by atoms with Crippen molar-refractivity contribution in [1.29, 1.82) is 5.26 Å². The second kappa shape index (κ2) is 5.47. The molecule has 84 valence electrons. The van der Waals surface area contributed by atoms with Crippen molar-refractivity contribution >= 4 is 0 Å². The molecule has 0 unspecified atom stereocenters. The summed E-state index contributed by atoms with van der Waals surface area (Å²) in [6.07, 6.45) is 3.92. The molecule has 1 aromatic rings. The zero-order chi connectivity index (χ0) is 11.2. The molecule has 1 fully saturated rings. The molecule has 0 bridgehead atoms. The van der Waals surface area contributed by atoms with Gasteiger partial charge in [-0.15, -0.1) is 0 Å². The van der Waals surface area contributed by atoms with Gasteiger partial charge in [0.1, 0.15) is 11.6 Å². The van der Waals surface area contributed by atoms with Crippen LogP contribution in [0.3, 0.4) is 0 Å². The van der Waals surface area contributed by atoms with Gasteiger partial charge in [-0.2, -0.15) is 5.26 Å². The lowest BCUT2D eigenvalue weighted by atomic mass is 9.99. The van der Waals surface area contributed by atoms with E-state index in [0.29, 0.717) is 24.0 Å². The van der Waals surface area contributed by atoms with Crippen molar-refractivity contribution in [1.82, 2.24) is 10.3 Å². The van der Waals surface area contributed by atoms with Gasteiger partial charge in [-0.3, -0.25) is 0 Å². The quantitative estimate of drug-likeness (QED) is 0.829. The molecule has 2 heterocycles. The third-order valence-corrected chi connectivity index (χ3v) is 2.81. The number of aromatic nitrogens is 1. The van der Waals surface area contributed by atoms with Gasteiger partial charge in [0, 0.05) is 6.20 Å². The lowest BCUT2D eigenvalue weighted by molar-refractivity contribution is 0.208. The predicted octanol–water partition coefficient (Wildman–Crippen LogP) is 1.33. The van der Waals surface area contributed by atoms with Crippen LogP contribution in [0.1, 0.15) is 18.4 Å². The number of hydrogen-bond donors (Lipinski definition) is 1. The first-order valence-corrected chi connectivity index (χ1v) is 5.59. The SMILES string of the molecule is N#Cc1cccnc1OCC1CCNCC1. The van der Waals surface area contributed by atoms with E-state index in [1.807, 2.05) is 0 Å². The van der Waals surface area contributed by atoms with E-state index >= 15 is 0 Å². The number of nitriles is 1. The maximum absolute atomic E-state index is 8.88. The maximum atomic E-state index is 8.88. The third kappa shape index (κ3) is 2.71. The van der Waals surface area contributed by atoms with Crippen molar-refractivity contribution in [2.75, 3.05) is 19.7 Å². The van der Waals surface area contributed by atoms with Gasteiger partial charge in [0.25, 0.3) is 0 Å². The van der Waals surface area contributed by atoms with Gasteiger partial charge >= 0.3 is 0 Å². The summed E-state index contributed by atoms with van der Waals surface area (Å²) in [6, 6.07) is 5.56. The van der Waals surface area contributed by atoms with E-state index < -0.39 is 0 Å². The molecular formula is C12H15N3O. The van der Waals surface area contributed by atoms with Crippen LogP contribution in [0.2, 0.25) is 0 Å². The first kappa shape index (κ1) is 10.9. The maximum Gasteiger partial charge on any atom is 0.231 e. The van der Waals surface area contributed by atoms with Crippen LogP contribution >= 0.6 is 0 Å². The Bertz CT molecular complexity index is 380. The molecule has 1 saturated heterocycles. The zero-order valence-electron chi connectivity index (χ0n) is 9.15. The average Bonchev–Trinajstić information content (AvgIpc) is 2.38. The van der Waals surface area contributed by atoms with Crippen molar-refractivity contribution in [3.63, 3.8) is 0 Å². The van der Waals surface area contributed by atoms with Gasteiger partial charge in [-0.05, 0) is 44.0 Å². The Morgan fingerprint density at radius 1 is 1.50 bits per heavy atom. The van der Waals surface area contributed by atoms with E-state index in [2.05, 4.69) is 16.4 Å². The first-order chi connectivity index (χ1) is 7.90. The Hall–Kier alpha value is -1.60. The molecule has 16 heavy (non-hydrogen) atoms. The van der Waals surface area contributed by atoms with E-state index in [0.717, 1.165) is 25.9 Å². The molecule has 0 radical (unpaired) electrons. The lowest BCUT2D eigenvalue weighted by Crippen LogP contribution is -2.30. The second-order valence-electron chi connectivity index (χ2n) is 3.97. The molecule has 0 atom stereocenters. The lowest BCUT2D eigenvalue weighted by Gasteiger charge is -2.22. The molecule has 4 nitrogen and oxygen atoms in total. The topological polar surface area (TPSA) is 57.9 Å². The Morgan fingerprint density at radius 3 is 3.06 bits per heavy atom. The Kier molecular flexibility index (Phi) is 3.73. The minimum atomic E-state index is 0.462. The van der Waals surface area contributed by atoms with Gasteiger partial charge < -0.3 is 10.1 Å². The monoisotopic (exact) mass is 217 g/mol. The van der Waals surface area contributed by atoms with Crippen LogP contribution in [-0.4, -0.2) is 24.7 Å². The molecule has 1 N–H and O–H groups in total. The van der Waals surface area contributed by atoms with E-state index in [9.17, 15) is 0 Å². The minimum Gasteiger partial charge on any atom is -0.476 e. The molecule has 0 amide bonds. The van der Waals surface area contributed by atoms with E-state index in [4.69, 9.17) is 10.00 Å². The summed E-state index contributed by atoms with van der Waals surface area (Å²) >= 11 is 0. The third-order valence-electron chi connectivity index (χ3n) is 2.81. The Labute approximate surface area is 95.3 Å². The van der Waals surface area contributed by atoms with Crippen molar-refractivity contribution in [2.45, 2.75) is 12.8 Å². The number of rotatable bonds is 3. The van der Waals surface area contributed by atoms with E-state index in [1.54, 1.807) is 18.3 Å². The normalized spacial score (nSPS) is 16.7. The summed E-state index contributed by atoms with van der Waals surface area (Å²) in [5, 5.41) is 12.2. The fourth-order valence-electron chi connectivity index (χ4n) is 1.84. The van der Waals surface area contributed by atoms with Gasteiger partial charge in [-0.25, -0.2) is 4.98 Å². The Morgan fingerprint density at radius 2 is 2.31 bits per heavy atom. The van der Waals surface area contributed by atoms with Crippen LogP contribution in [0.4, 0.5) is 0 Å². The minimum absolute atomic E-state index is 0.462. The molecule has 1 aromatic heterocycles. The highest BCUT2D eigenvalue weighted by atomic mass is 16.5. The number of nitrogens with zero attached hydrogens (tertiary/aromatic N) is 2. The predicted molar refractivity (Wildman–Crippen MR) is 60.0 cm³/mol. The van der Waals surface area contributed by atoms with Crippen LogP contribution in [0.25, 0.3) is 0 Å². The van der Waals surface area contributed by atoms with Crippen LogP contribution in [0, 0.1) is 17.2 Å². The van der Waals surface area contributed by atoms with Gasteiger partial charge in [0.05, 0.1) is 6.61 Å². The summed E-state index contributed by atoms with van der Waals surface area (Å²) in [6.45, 7) is 2.77. The summed E-state index contributed by atoms with van der Waals surface area (Å²) in [5.41, 5.74) is 0.511. The molecule has 0 aliphatic carbocycles. The molecule has 4 heteroatoms. The number of pyridine rings is 1. The fourth-order valence-corrected chi connectivity index (χ4v) is 1.84. The highest BCUT2D eigenvalue weighted by Gasteiger charge is 2.14. The fraction of sp³-hybridized carbons (Fsp3) is 0.500. The van der Waals surface area contributed by atoms with Crippen molar-refractivity contribution in [3.8, 4) is 11.9 Å². The highest BCUT2D eigenvalue weighted by molar-refractivity contribution is 5.36. The van der Waals surface area contributed by atoms with Crippen LogP contribution in [-0.2, 0) is 0 Å². The first-order valence-electron chi connectivity index (χ1n) is 5.59. The molecule has 0 aromatic carbocycles. The molecule has 0 saturated carbocycles. The van der Waals surface area contributed by atoms with E-state index in [-0.39, 0.29) is 0 Å². The van der Waals surface area contributed by atoms with Crippen molar-refractivity contribution in [3.05, 3.63) is 23.9 Å². The Balaban J connectivity index is 1.91.